The molecule has 0 aromatic heterocycles. The largest absolute Gasteiger partial charge is 0.477 e. The van der Waals surface area contributed by atoms with Gasteiger partial charge in [0.2, 0.25) is 0 Å². The summed E-state index contributed by atoms with van der Waals surface area (Å²) in [6, 6.07) is 5.98. The molecule has 1 aromatic carbocycles. The zero-order valence-corrected chi connectivity index (χ0v) is 10.3. The lowest BCUT2D eigenvalue weighted by Gasteiger charge is -2.31. The lowest BCUT2D eigenvalue weighted by Crippen LogP contribution is -2.47. The minimum Gasteiger partial charge on any atom is -0.477 e. The van der Waals surface area contributed by atoms with Gasteiger partial charge in [0.1, 0.15) is 5.75 Å². The summed E-state index contributed by atoms with van der Waals surface area (Å²) in [5, 5.41) is 0. The smallest absolute Gasteiger partial charge is 0.269 e. The molecular weight excluding hydrogens is 216 g/mol. The van der Waals surface area contributed by atoms with Crippen molar-refractivity contribution in [3.8, 4) is 5.75 Å². The Bertz CT molecular complexity index is 431. The maximum absolute atomic E-state index is 11.9. The molecular formula is C13H18N2O2. The highest BCUT2D eigenvalue weighted by atomic mass is 16.5. The van der Waals surface area contributed by atoms with Gasteiger partial charge in [0.05, 0.1) is 5.69 Å². The Balaban J connectivity index is 2.35. The normalized spacial score (nSPS) is 18.9. The Morgan fingerprint density at radius 3 is 2.88 bits per heavy atom. The second kappa shape index (κ2) is 4.75. The van der Waals surface area contributed by atoms with Gasteiger partial charge in [-0.05, 0) is 24.1 Å². The Hall–Kier alpha value is -1.55. The highest BCUT2D eigenvalue weighted by molar-refractivity contribution is 5.99. The molecule has 1 aliphatic rings. The Kier molecular flexibility index (Phi) is 3.33. The number of hydrogen-bond acceptors (Lipinski definition) is 3. The van der Waals surface area contributed by atoms with Crippen LogP contribution in [0.25, 0.3) is 0 Å². The fraction of sp³-hybridized carbons (Fsp3) is 0.462. The molecule has 92 valence electrons. The van der Waals surface area contributed by atoms with E-state index in [1.807, 2.05) is 18.2 Å². The molecule has 0 saturated heterocycles. The fourth-order valence-electron chi connectivity index (χ4n) is 2.06. The molecule has 1 atom stereocenters. The summed E-state index contributed by atoms with van der Waals surface area (Å²) in [4.78, 5) is 13.5. The zero-order valence-electron chi connectivity index (χ0n) is 10.3. The van der Waals surface area contributed by atoms with Crippen LogP contribution < -0.4 is 15.4 Å². The van der Waals surface area contributed by atoms with Crippen molar-refractivity contribution in [3.63, 3.8) is 0 Å². The van der Waals surface area contributed by atoms with Crippen molar-refractivity contribution < 1.29 is 9.53 Å². The van der Waals surface area contributed by atoms with Crippen LogP contribution in [0, 0.1) is 0 Å². The molecule has 0 fully saturated rings. The molecule has 0 spiro atoms. The van der Waals surface area contributed by atoms with E-state index >= 15 is 0 Å². The number of carbonyl (C=O) groups is 1. The van der Waals surface area contributed by atoms with E-state index < -0.39 is 6.10 Å². The van der Waals surface area contributed by atoms with Gasteiger partial charge in [0, 0.05) is 13.6 Å². The Labute approximate surface area is 101 Å². The summed E-state index contributed by atoms with van der Waals surface area (Å²) in [5.41, 5.74) is 7.58. The lowest BCUT2D eigenvalue weighted by molar-refractivity contribution is -0.125. The Morgan fingerprint density at radius 2 is 2.24 bits per heavy atom. The van der Waals surface area contributed by atoms with Crippen molar-refractivity contribution >= 4 is 11.6 Å². The topological polar surface area (TPSA) is 55.6 Å². The third-order valence-corrected chi connectivity index (χ3v) is 3.01. The van der Waals surface area contributed by atoms with Crippen molar-refractivity contribution in [2.45, 2.75) is 25.9 Å². The number of nitrogens with zero attached hydrogens (tertiary/aromatic N) is 1. The second-order valence-corrected chi connectivity index (χ2v) is 4.29. The minimum atomic E-state index is -0.551. The van der Waals surface area contributed by atoms with Gasteiger partial charge in [0.15, 0.2) is 6.10 Å². The average Bonchev–Trinajstić information content (AvgIpc) is 2.34. The molecule has 1 aliphatic heterocycles. The molecule has 1 heterocycles. The molecule has 0 radical (unpaired) electrons. The van der Waals surface area contributed by atoms with E-state index in [1.165, 1.54) is 5.56 Å². The minimum absolute atomic E-state index is 0.0753. The van der Waals surface area contributed by atoms with Gasteiger partial charge in [-0.15, -0.1) is 0 Å². The van der Waals surface area contributed by atoms with Crippen LogP contribution in [0.5, 0.6) is 5.75 Å². The van der Waals surface area contributed by atoms with E-state index in [-0.39, 0.29) is 12.5 Å². The van der Waals surface area contributed by atoms with E-state index in [0.29, 0.717) is 0 Å². The molecule has 17 heavy (non-hydrogen) atoms. The standard InChI is InChI=1S/C13H18N2O2/c1-3-4-9-5-6-11-10(7-9)15(2)13(16)12(8-14)17-11/h5-7,12H,3-4,8,14H2,1-2H3. The number of nitrogens with two attached hydrogens (primary N) is 1. The predicted octanol–water partition coefficient (Wildman–Crippen LogP) is 1.32. The van der Waals surface area contributed by atoms with Gasteiger partial charge in [-0.25, -0.2) is 0 Å². The number of carbonyl (C=O) groups excluding carboxylic acids is 1. The molecule has 2 rings (SSSR count). The summed E-state index contributed by atoms with van der Waals surface area (Å²) in [6.07, 6.45) is 1.54. The number of fused-ring (bicyclic) bond motifs is 1. The van der Waals surface area contributed by atoms with Crippen molar-refractivity contribution in [3.05, 3.63) is 23.8 Å². The number of aryl methyl sites for hydroxylation is 1. The fourth-order valence-corrected chi connectivity index (χ4v) is 2.06. The van der Waals surface area contributed by atoms with Gasteiger partial charge in [0.25, 0.3) is 5.91 Å². The first-order valence-corrected chi connectivity index (χ1v) is 5.94. The van der Waals surface area contributed by atoms with Crippen LogP contribution in [0.1, 0.15) is 18.9 Å². The van der Waals surface area contributed by atoms with E-state index in [1.54, 1.807) is 11.9 Å². The average molecular weight is 234 g/mol. The summed E-state index contributed by atoms with van der Waals surface area (Å²) < 4.78 is 5.58. The SMILES string of the molecule is CCCc1ccc2c(c1)N(C)C(=O)C(CN)O2. The molecule has 1 aromatic rings. The molecule has 4 heteroatoms. The summed E-state index contributed by atoms with van der Waals surface area (Å²) >= 11 is 0. The van der Waals surface area contributed by atoms with E-state index in [0.717, 1.165) is 24.3 Å². The number of amides is 1. The van der Waals surface area contributed by atoms with Crippen LogP contribution in [0.2, 0.25) is 0 Å². The number of benzene rings is 1. The highest BCUT2D eigenvalue weighted by Crippen LogP contribution is 2.34. The molecule has 0 saturated carbocycles. The zero-order chi connectivity index (χ0) is 12.4. The predicted molar refractivity (Wildman–Crippen MR) is 67.3 cm³/mol. The van der Waals surface area contributed by atoms with Crippen LogP contribution in [-0.2, 0) is 11.2 Å². The molecule has 1 amide bonds. The van der Waals surface area contributed by atoms with Crippen molar-refractivity contribution in [2.24, 2.45) is 5.73 Å². The van der Waals surface area contributed by atoms with Crippen LogP contribution in [0.15, 0.2) is 18.2 Å². The van der Waals surface area contributed by atoms with Crippen molar-refractivity contribution in [1.82, 2.24) is 0 Å². The van der Waals surface area contributed by atoms with E-state index in [4.69, 9.17) is 10.5 Å². The molecule has 0 aliphatic carbocycles. The van der Waals surface area contributed by atoms with Crippen LogP contribution in [0.3, 0.4) is 0 Å². The van der Waals surface area contributed by atoms with Crippen LogP contribution >= 0.6 is 0 Å². The maximum atomic E-state index is 11.9. The first-order valence-electron chi connectivity index (χ1n) is 5.94. The van der Waals surface area contributed by atoms with Gasteiger partial charge in [-0.1, -0.05) is 19.4 Å². The van der Waals surface area contributed by atoms with Gasteiger partial charge in [-0.2, -0.15) is 0 Å². The molecule has 1 unspecified atom stereocenters. The van der Waals surface area contributed by atoms with Gasteiger partial charge >= 0.3 is 0 Å². The number of likely N-dealkylation sites (N-methyl/N-ethyl adjacent to an activating group) is 1. The van der Waals surface area contributed by atoms with Gasteiger partial charge in [-0.3, -0.25) is 4.79 Å². The van der Waals surface area contributed by atoms with Gasteiger partial charge < -0.3 is 15.4 Å². The maximum Gasteiger partial charge on any atom is 0.269 e. The summed E-state index contributed by atoms with van der Waals surface area (Å²) in [5.74, 6) is 0.663. The first-order chi connectivity index (χ1) is 8.17. The van der Waals surface area contributed by atoms with E-state index in [2.05, 4.69) is 6.92 Å². The number of ether oxygens (including phenoxy) is 1. The summed E-state index contributed by atoms with van der Waals surface area (Å²) in [6.45, 7) is 2.34. The monoisotopic (exact) mass is 234 g/mol. The van der Waals surface area contributed by atoms with Crippen molar-refractivity contribution in [2.75, 3.05) is 18.5 Å². The second-order valence-electron chi connectivity index (χ2n) is 4.29. The molecule has 0 bridgehead atoms. The lowest BCUT2D eigenvalue weighted by atomic mass is 10.1. The number of hydrogen-bond donors (Lipinski definition) is 1. The van der Waals surface area contributed by atoms with Crippen molar-refractivity contribution in [1.29, 1.82) is 0 Å². The third-order valence-electron chi connectivity index (χ3n) is 3.01. The molecule has 4 nitrogen and oxygen atoms in total. The Morgan fingerprint density at radius 1 is 1.47 bits per heavy atom. The highest BCUT2D eigenvalue weighted by Gasteiger charge is 2.31. The van der Waals surface area contributed by atoms with Crippen LogP contribution in [-0.4, -0.2) is 25.6 Å². The molecule has 2 N–H and O–H groups in total. The summed E-state index contributed by atoms with van der Waals surface area (Å²) in [7, 11) is 1.77. The number of anilines is 1. The quantitative estimate of drug-likeness (QED) is 0.858. The third kappa shape index (κ3) is 2.13. The van der Waals surface area contributed by atoms with Crippen LogP contribution in [0.4, 0.5) is 5.69 Å². The van der Waals surface area contributed by atoms with E-state index in [9.17, 15) is 4.79 Å². The number of rotatable bonds is 3. The first kappa shape index (κ1) is 11.9.